The van der Waals surface area contributed by atoms with Gasteiger partial charge in [-0.1, -0.05) is 42.8 Å². The van der Waals surface area contributed by atoms with Gasteiger partial charge in [-0.2, -0.15) is 0 Å². The predicted molar refractivity (Wildman–Crippen MR) is 135 cm³/mol. The third-order valence-electron chi connectivity index (χ3n) is 6.52. The van der Waals surface area contributed by atoms with Crippen LogP contribution in [0.1, 0.15) is 44.2 Å². The van der Waals surface area contributed by atoms with Crippen LogP contribution in [0.15, 0.2) is 65.4 Å². The third-order valence-corrected chi connectivity index (χ3v) is 6.52. The molecule has 3 rings (SSSR count). The normalized spacial score (nSPS) is 15.9. The second kappa shape index (κ2) is 11.6. The zero-order valence-electron chi connectivity index (χ0n) is 20.7. The molecule has 0 spiro atoms. The summed E-state index contributed by atoms with van der Waals surface area (Å²) in [5.41, 5.74) is 2.57. The van der Waals surface area contributed by atoms with Gasteiger partial charge in [-0.25, -0.2) is 9.59 Å². The monoisotopic (exact) mass is 479 g/mol. The summed E-state index contributed by atoms with van der Waals surface area (Å²) >= 11 is 0. The van der Waals surface area contributed by atoms with E-state index in [-0.39, 0.29) is 16.7 Å². The quantitative estimate of drug-likeness (QED) is 0.437. The molecule has 35 heavy (non-hydrogen) atoms. The van der Waals surface area contributed by atoms with Crippen LogP contribution in [0.4, 0.5) is 0 Å². The number of rotatable bonds is 11. The Morgan fingerprint density at radius 3 is 2.20 bits per heavy atom. The Balaban J connectivity index is 1.89. The van der Waals surface area contributed by atoms with Crippen molar-refractivity contribution in [3.05, 3.63) is 76.5 Å². The van der Waals surface area contributed by atoms with Crippen molar-refractivity contribution < 1.29 is 29.3 Å². The molecule has 1 aliphatic heterocycles. The van der Waals surface area contributed by atoms with Crippen molar-refractivity contribution in [2.45, 2.75) is 45.6 Å². The summed E-state index contributed by atoms with van der Waals surface area (Å²) in [6.07, 6.45) is 3.79. The number of benzene rings is 2. The first kappa shape index (κ1) is 25.9. The highest BCUT2D eigenvalue weighted by Crippen LogP contribution is 2.41. The van der Waals surface area contributed by atoms with Crippen molar-refractivity contribution in [3.63, 3.8) is 0 Å². The summed E-state index contributed by atoms with van der Waals surface area (Å²) in [6, 6.07) is 14.7. The van der Waals surface area contributed by atoms with E-state index in [1.165, 1.54) is 19.8 Å². The number of carbonyl (C=O) groups is 2. The molecule has 0 radical (unpaired) electrons. The molecule has 7 nitrogen and oxygen atoms in total. The molecular formula is C28H33NO6. The molecule has 7 heteroatoms. The molecule has 0 aromatic heterocycles. The number of hydrogen-bond donors (Lipinski definition) is 2. The molecule has 1 aliphatic rings. The molecule has 1 unspecified atom stereocenters. The Morgan fingerprint density at radius 2 is 1.60 bits per heavy atom. The molecule has 186 valence electrons. The second-order valence-electron chi connectivity index (χ2n) is 8.59. The molecular weight excluding hydrogens is 446 g/mol. The van der Waals surface area contributed by atoms with E-state index < -0.39 is 18.0 Å². The van der Waals surface area contributed by atoms with E-state index in [1.54, 1.807) is 25.1 Å². The molecule has 0 bridgehead atoms. The Kier molecular flexibility index (Phi) is 8.58. The number of carboxylic acid groups (broad SMARTS) is 2. The minimum Gasteiger partial charge on any atom is -0.493 e. The maximum Gasteiger partial charge on any atom is 0.338 e. The van der Waals surface area contributed by atoms with Crippen LogP contribution in [0.25, 0.3) is 5.57 Å². The Morgan fingerprint density at radius 1 is 0.914 bits per heavy atom. The average molecular weight is 480 g/mol. The molecule has 0 amide bonds. The van der Waals surface area contributed by atoms with Crippen LogP contribution >= 0.6 is 0 Å². The van der Waals surface area contributed by atoms with Gasteiger partial charge < -0.3 is 24.6 Å². The van der Waals surface area contributed by atoms with Gasteiger partial charge in [0.25, 0.3) is 0 Å². The second-order valence-corrected chi connectivity index (χ2v) is 8.59. The van der Waals surface area contributed by atoms with Crippen molar-refractivity contribution in [2.24, 2.45) is 0 Å². The van der Waals surface area contributed by atoms with Gasteiger partial charge in [0.05, 0.1) is 31.4 Å². The van der Waals surface area contributed by atoms with Crippen LogP contribution in [0, 0.1) is 0 Å². The van der Waals surface area contributed by atoms with E-state index >= 15 is 0 Å². The summed E-state index contributed by atoms with van der Waals surface area (Å²) in [4.78, 5) is 26.7. The van der Waals surface area contributed by atoms with E-state index in [4.69, 9.17) is 9.47 Å². The number of nitrogens with zero attached hydrogens (tertiary/aromatic N) is 1. The Bertz CT molecular complexity index is 1140. The summed E-state index contributed by atoms with van der Waals surface area (Å²) in [6.45, 7) is 4.15. The fourth-order valence-electron chi connectivity index (χ4n) is 4.75. The number of methoxy groups -OCH3 is 2. The van der Waals surface area contributed by atoms with Gasteiger partial charge in [-0.3, -0.25) is 0 Å². The average Bonchev–Trinajstić information content (AvgIpc) is 2.84. The number of ether oxygens (including phenoxy) is 2. The van der Waals surface area contributed by atoms with Gasteiger partial charge in [0.1, 0.15) is 0 Å². The van der Waals surface area contributed by atoms with Crippen LogP contribution in [-0.4, -0.2) is 53.9 Å². The van der Waals surface area contributed by atoms with Gasteiger partial charge in [0.2, 0.25) is 0 Å². The van der Waals surface area contributed by atoms with Crippen LogP contribution < -0.4 is 9.47 Å². The number of aryl methyl sites for hydroxylation is 1. The third kappa shape index (κ3) is 5.67. The van der Waals surface area contributed by atoms with Crippen molar-refractivity contribution in [3.8, 4) is 11.5 Å². The fraction of sp³-hybridized carbons (Fsp3) is 0.357. The minimum absolute atomic E-state index is 0.00277. The zero-order valence-corrected chi connectivity index (χ0v) is 20.7. The topological polar surface area (TPSA) is 96.3 Å². The van der Waals surface area contributed by atoms with E-state index in [9.17, 15) is 19.8 Å². The van der Waals surface area contributed by atoms with Gasteiger partial charge >= 0.3 is 11.9 Å². The van der Waals surface area contributed by atoms with Gasteiger partial charge in [-0.05, 0) is 56.4 Å². The van der Waals surface area contributed by atoms with Gasteiger partial charge in [0, 0.05) is 17.8 Å². The highest BCUT2D eigenvalue weighted by molar-refractivity contribution is 6.13. The molecule has 1 heterocycles. The van der Waals surface area contributed by atoms with Crippen molar-refractivity contribution in [2.75, 3.05) is 20.8 Å². The lowest BCUT2D eigenvalue weighted by molar-refractivity contribution is -0.133. The van der Waals surface area contributed by atoms with Gasteiger partial charge in [0.15, 0.2) is 11.5 Å². The SMILES string of the molecule is COc1ccc(C2=C(C(=O)O)C(C)N(CCCCCc3ccccc3)C(C)=C2C(=O)O)cc1OC. The fourth-order valence-corrected chi connectivity index (χ4v) is 4.75. The van der Waals surface area contributed by atoms with Gasteiger partial charge in [-0.15, -0.1) is 0 Å². The lowest BCUT2D eigenvalue weighted by Gasteiger charge is -2.38. The predicted octanol–water partition coefficient (Wildman–Crippen LogP) is 5.02. The standard InChI is InChI=1S/C28H33NO6/c1-18-24(27(30)31)26(21-14-15-22(34-3)23(17-21)35-4)25(28(32)33)19(2)29(18)16-10-6-9-13-20-11-7-5-8-12-20/h5,7-8,11-12,14-15,17-18H,6,9-10,13,16H2,1-4H3,(H,30,31)(H,32,33). The summed E-state index contributed by atoms with van der Waals surface area (Å²) < 4.78 is 10.7. The van der Waals surface area contributed by atoms with Crippen LogP contribution in [0.3, 0.4) is 0 Å². The first-order chi connectivity index (χ1) is 16.8. The Hall–Kier alpha value is -3.74. The molecule has 0 aliphatic carbocycles. The lowest BCUT2D eigenvalue weighted by atomic mass is 9.84. The van der Waals surface area contributed by atoms with Crippen molar-refractivity contribution in [1.29, 1.82) is 0 Å². The summed E-state index contributed by atoms with van der Waals surface area (Å²) in [5, 5.41) is 20.3. The minimum atomic E-state index is -1.16. The molecule has 0 fully saturated rings. The number of hydrogen-bond acceptors (Lipinski definition) is 5. The van der Waals surface area contributed by atoms with E-state index in [1.807, 2.05) is 30.0 Å². The van der Waals surface area contributed by atoms with E-state index in [0.29, 0.717) is 29.3 Å². The summed E-state index contributed by atoms with van der Waals surface area (Å²) in [7, 11) is 2.99. The van der Waals surface area contributed by atoms with Crippen LogP contribution in [-0.2, 0) is 16.0 Å². The Labute approximate surface area is 206 Å². The van der Waals surface area contributed by atoms with Crippen LogP contribution in [0.5, 0.6) is 11.5 Å². The van der Waals surface area contributed by atoms with Crippen LogP contribution in [0.2, 0.25) is 0 Å². The molecule has 2 aromatic carbocycles. The highest BCUT2D eigenvalue weighted by atomic mass is 16.5. The zero-order chi connectivity index (χ0) is 25.5. The number of carboxylic acids is 2. The van der Waals surface area contributed by atoms with Crippen molar-refractivity contribution in [1.82, 2.24) is 4.90 Å². The molecule has 2 N–H and O–H groups in total. The molecule has 2 aromatic rings. The smallest absolute Gasteiger partial charge is 0.338 e. The van der Waals surface area contributed by atoms with E-state index in [2.05, 4.69) is 12.1 Å². The maximum absolute atomic E-state index is 12.4. The number of aliphatic carboxylic acids is 2. The molecule has 1 atom stereocenters. The number of unbranched alkanes of at least 4 members (excludes halogenated alkanes) is 2. The van der Waals surface area contributed by atoms with E-state index in [0.717, 1.165) is 25.7 Å². The molecule has 0 saturated carbocycles. The summed E-state index contributed by atoms with van der Waals surface area (Å²) in [5.74, 6) is -1.42. The molecule has 0 saturated heterocycles. The first-order valence-electron chi connectivity index (χ1n) is 11.7. The lowest BCUT2D eigenvalue weighted by Crippen LogP contribution is -2.41. The number of allylic oxidation sites excluding steroid dienone is 1. The first-order valence-corrected chi connectivity index (χ1v) is 11.7. The van der Waals surface area contributed by atoms with Crippen molar-refractivity contribution >= 4 is 17.5 Å². The highest BCUT2D eigenvalue weighted by Gasteiger charge is 2.37. The maximum atomic E-state index is 12.4. The largest absolute Gasteiger partial charge is 0.493 e.